The molecule has 0 N–H and O–H groups in total. The van der Waals surface area contributed by atoms with Crippen LogP contribution in [0.1, 0.15) is 57.9 Å². The summed E-state index contributed by atoms with van der Waals surface area (Å²) >= 11 is 0. The lowest BCUT2D eigenvalue weighted by molar-refractivity contribution is 0.459. The van der Waals surface area contributed by atoms with Gasteiger partial charge >= 0.3 is 0 Å². The zero-order chi connectivity index (χ0) is 23.9. The standard InChI is InChI=1S/C20H19S.C8H18O3S/c1-2-17-13-15-20(16-14-17)21(18-9-5-3-6-10-18)19-11-7-4-8-12-19;1-2-3-4-5-6-7-8-12(9,10)11/h3-16H,2H2,1H3;2-8H2,1H3,(H,9,10,11)/q+1;/p-1. The van der Waals surface area contributed by atoms with Gasteiger partial charge in [0.05, 0.1) is 21.0 Å². The minimum atomic E-state index is -3.97. The molecule has 0 amide bonds. The second kappa shape index (κ2) is 14.9. The van der Waals surface area contributed by atoms with Crippen LogP contribution in [0.2, 0.25) is 0 Å². The maximum absolute atomic E-state index is 10.2. The van der Waals surface area contributed by atoms with Crippen molar-refractivity contribution < 1.29 is 13.0 Å². The molecular weight excluding hydrogens is 448 g/mol. The van der Waals surface area contributed by atoms with Crippen molar-refractivity contribution in [2.75, 3.05) is 5.75 Å². The molecule has 0 heterocycles. The summed E-state index contributed by atoms with van der Waals surface area (Å²) in [6.45, 7) is 4.32. The van der Waals surface area contributed by atoms with Crippen molar-refractivity contribution in [2.45, 2.75) is 73.5 Å². The van der Waals surface area contributed by atoms with Gasteiger partial charge in [0, 0.05) is 5.75 Å². The summed E-state index contributed by atoms with van der Waals surface area (Å²) in [5, 5.41) is 0. The van der Waals surface area contributed by atoms with E-state index in [1.165, 1.54) is 33.1 Å². The molecule has 0 aliphatic rings. The normalized spacial score (nSPS) is 11.2. The summed E-state index contributed by atoms with van der Waals surface area (Å²) in [5.41, 5.74) is 1.39. The van der Waals surface area contributed by atoms with Crippen LogP contribution in [-0.2, 0) is 27.4 Å². The van der Waals surface area contributed by atoms with Gasteiger partial charge in [-0.15, -0.1) is 0 Å². The maximum Gasteiger partial charge on any atom is 0.166 e. The summed E-state index contributed by atoms with van der Waals surface area (Å²) in [6, 6.07) is 30.6. The highest BCUT2D eigenvalue weighted by Gasteiger charge is 2.27. The zero-order valence-corrected chi connectivity index (χ0v) is 21.4. The van der Waals surface area contributed by atoms with E-state index in [9.17, 15) is 13.0 Å². The molecule has 0 fully saturated rings. The maximum atomic E-state index is 10.2. The topological polar surface area (TPSA) is 57.2 Å². The monoisotopic (exact) mass is 484 g/mol. The van der Waals surface area contributed by atoms with Crippen LogP contribution in [0.15, 0.2) is 99.6 Å². The molecule has 5 heteroatoms. The predicted octanol–water partition coefficient (Wildman–Crippen LogP) is 7.24. The Labute approximate surface area is 203 Å². The Kier molecular flexibility index (Phi) is 12.3. The van der Waals surface area contributed by atoms with Crippen molar-refractivity contribution in [3.63, 3.8) is 0 Å². The fourth-order valence-electron chi connectivity index (χ4n) is 3.44. The van der Waals surface area contributed by atoms with Gasteiger partial charge in [-0.3, -0.25) is 0 Å². The summed E-state index contributed by atoms with van der Waals surface area (Å²) < 4.78 is 30.5. The minimum Gasteiger partial charge on any atom is -0.748 e. The average Bonchev–Trinajstić information content (AvgIpc) is 2.83. The first-order chi connectivity index (χ1) is 15.9. The smallest absolute Gasteiger partial charge is 0.166 e. The summed E-state index contributed by atoms with van der Waals surface area (Å²) in [6.07, 6.45) is 7.05. The van der Waals surface area contributed by atoms with Gasteiger partial charge in [0.2, 0.25) is 0 Å². The van der Waals surface area contributed by atoms with Crippen LogP contribution >= 0.6 is 0 Å². The summed E-state index contributed by atoms with van der Waals surface area (Å²) in [7, 11) is -3.99. The van der Waals surface area contributed by atoms with Crippen LogP contribution in [0.3, 0.4) is 0 Å². The zero-order valence-electron chi connectivity index (χ0n) is 19.8. The molecule has 178 valence electrons. The van der Waals surface area contributed by atoms with Crippen LogP contribution in [0.25, 0.3) is 0 Å². The molecule has 0 radical (unpaired) electrons. The third-order valence-corrected chi connectivity index (χ3v) is 8.29. The second-order valence-electron chi connectivity index (χ2n) is 7.96. The number of hydrogen-bond acceptors (Lipinski definition) is 3. The van der Waals surface area contributed by atoms with Gasteiger partial charge < -0.3 is 4.55 Å². The van der Waals surface area contributed by atoms with E-state index in [1.54, 1.807) is 0 Å². The van der Waals surface area contributed by atoms with Crippen molar-refractivity contribution in [1.29, 1.82) is 0 Å². The predicted molar refractivity (Wildman–Crippen MR) is 139 cm³/mol. The van der Waals surface area contributed by atoms with Gasteiger partial charge in [-0.1, -0.05) is 94.5 Å². The van der Waals surface area contributed by atoms with Crippen molar-refractivity contribution in [1.82, 2.24) is 0 Å². The minimum absolute atomic E-state index is 0.0249. The lowest BCUT2D eigenvalue weighted by Gasteiger charge is -2.08. The first kappa shape index (κ1) is 27.2. The van der Waals surface area contributed by atoms with E-state index < -0.39 is 10.1 Å². The van der Waals surface area contributed by atoms with Crippen LogP contribution < -0.4 is 0 Å². The van der Waals surface area contributed by atoms with Gasteiger partial charge in [-0.2, -0.15) is 0 Å². The summed E-state index contributed by atoms with van der Waals surface area (Å²) in [4.78, 5) is 4.12. The van der Waals surface area contributed by atoms with Gasteiger partial charge in [-0.05, 0) is 54.8 Å². The Balaban J connectivity index is 0.000000277. The lowest BCUT2D eigenvalue weighted by Crippen LogP contribution is -2.04. The molecule has 0 unspecified atom stereocenters. The third-order valence-electron chi connectivity index (χ3n) is 5.27. The van der Waals surface area contributed by atoms with E-state index in [2.05, 4.69) is 98.8 Å². The number of aryl methyl sites for hydroxylation is 1. The van der Waals surface area contributed by atoms with Crippen LogP contribution in [-0.4, -0.2) is 18.7 Å². The molecule has 3 aromatic carbocycles. The largest absolute Gasteiger partial charge is 0.748 e. The molecule has 3 aromatic rings. The van der Waals surface area contributed by atoms with Crippen LogP contribution in [0, 0.1) is 0 Å². The molecule has 0 saturated carbocycles. The van der Waals surface area contributed by atoms with Crippen molar-refractivity contribution in [3.8, 4) is 0 Å². The van der Waals surface area contributed by atoms with E-state index in [4.69, 9.17) is 0 Å². The molecule has 3 nitrogen and oxygen atoms in total. The fourth-order valence-corrected chi connectivity index (χ4v) is 6.08. The molecule has 33 heavy (non-hydrogen) atoms. The quantitative estimate of drug-likeness (QED) is 0.164. The average molecular weight is 485 g/mol. The third kappa shape index (κ3) is 10.6. The fraction of sp³-hybridized carbons (Fsp3) is 0.357. The highest BCUT2D eigenvalue weighted by molar-refractivity contribution is 7.97. The molecule has 0 aliphatic carbocycles. The molecule has 0 saturated heterocycles. The lowest BCUT2D eigenvalue weighted by atomic mass is 10.1. The number of hydrogen-bond donors (Lipinski definition) is 0. The van der Waals surface area contributed by atoms with Crippen molar-refractivity contribution in [2.24, 2.45) is 0 Å². The Morgan fingerprint density at radius 1 is 0.636 bits per heavy atom. The van der Waals surface area contributed by atoms with Gasteiger partial charge in [0.25, 0.3) is 0 Å². The second-order valence-corrected chi connectivity index (χ2v) is 11.5. The van der Waals surface area contributed by atoms with Crippen molar-refractivity contribution >= 4 is 21.0 Å². The number of rotatable bonds is 11. The number of benzene rings is 3. The van der Waals surface area contributed by atoms with E-state index in [-0.39, 0.29) is 16.6 Å². The molecule has 3 rings (SSSR count). The summed E-state index contributed by atoms with van der Waals surface area (Å²) in [5.74, 6) is -0.195. The molecule has 0 spiro atoms. The first-order valence-corrected chi connectivity index (χ1v) is 14.6. The SMILES string of the molecule is CCCCCCCCS(=O)(=O)[O-].CCc1ccc([S+](c2ccccc2)c2ccccc2)cc1. The van der Waals surface area contributed by atoms with E-state index >= 15 is 0 Å². The van der Waals surface area contributed by atoms with Gasteiger partial charge in [0.15, 0.2) is 14.7 Å². The van der Waals surface area contributed by atoms with E-state index in [0.717, 1.165) is 25.7 Å². The Bertz CT molecular complexity index is 963. The van der Waals surface area contributed by atoms with Gasteiger partial charge in [0.1, 0.15) is 0 Å². The molecule has 0 aliphatic heterocycles. The Hall–Kier alpha value is -2.08. The highest BCUT2D eigenvalue weighted by atomic mass is 32.2. The molecule has 0 bridgehead atoms. The van der Waals surface area contributed by atoms with E-state index in [0.29, 0.717) is 6.42 Å². The van der Waals surface area contributed by atoms with Crippen LogP contribution in [0.4, 0.5) is 0 Å². The number of unbranched alkanes of at least 4 members (excludes halogenated alkanes) is 5. The first-order valence-electron chi connectivity index (χ1n) is 11.8. The molecule has 0 atom stereocenters. The Morgan fingerprint density at radius 2 is 1.09 bits per heavy atom. The van der Waals surface area contributed by atoms with Gasteiger partial charge in [-0.25, -0.2) is 8.42 Å². The van der Waals surface area contributed by atoms with Crippen LogP contribution in [0.5, 0.6) is 0 Å². The molecule has 0 aromatic heterocycles. The van der Waals surface area contributed by atoms with Crippen molar-refractivity contribution in [3.05, 3.63) is 90.5 Å². The Morgan fingerprint density at radius 3 is 1.55 bits per heavy atom. The molecular formula is C28H36O3S2. The van der Waals surface area contributed by atoms with E-state index in [1.807, 2.05) is 0 Å². The highest BCUT2D eigenvalue weighted by Crippen LogP contribution is 2.31.